The summed E-state index contributed by atoms with van der Waals surface area (Å²) >= 11 is 2.17. The number of rotatable bonds is 2. The Morgan fingerprint density at radius 2 is 1.76 bits per heavy atom. The summed E-state index contributed by atoms with van der Waals surface area (Å²) in [6, 6.07) is 14.6. The van der Waals surface area contributed by atoms with Crippen molar-refractivity contribution in [3.05, 3.63) is 57.7 Å². The molecule has 21 heavy (non-hydrogen) atoms. The van der Waals surface area contributed by atoms with Gasteiger partial charge in [0.1, 0.15) is 0 Å². The smallest absolute Gasteiger partial charge is 0.264 e. The number of hydrogen-bond acceptors (Lipinski definition) is 3. The first-order valence-electron chi connectivity index (χ1n) is 6.66. The van der Waals surface area contributed by atoms with Gasteiger partial charge in [0.05, 0.1) is 10.6 Å². The van der Waals surface area contributed by atoms with Crippen LogP contribution in [-0.2, 0) is 16.6 Å². The topological polar surface area (TPSA) is 49.4 Å². The molecule has 2 aromatic carbocycles. The second-order valence-corrected chi connectivity index (χ2v) is 7.94. The van der Waals surface area contributed by atoms with E-state index in [1.165, 1.54) is 4.31 Å². The average molecular weight is 414 g/mol. The number of anilines is 1. The van der Waals surface area contributed by atoms with Crippen molar-refractivity contribution in [3.8, 4) is 0 Å². The lowest BCUT2D eigenvalue weighted by molar-refractivity contribution is 0.589. The van der Waals surface area contributed by atoms with Gasteiger partial charge >= 0.3 is 0 Å². The normalized spacial score (nSPS) is 15.4. The predicted octanol–water partition coefficient (Wildman–Crippen LogP) is 2.59. The molecule has 0 fully saturated rings. The molecule has 0 atom stereocenters. The molecule has 0 saturated heterocycles. The SMILES string of the molecule is O=S(=O)(c1ccc(I)cc1)N1CCNCc2ccccc21. The molecule has 0 aliphatic carbocycles. The van der Waals surface area contributed by atoms with Gasteiger partial charge in [0.15, 0.2) is 0 Å². The molecule has 0 radical (unpaired) electrons. The third-order valence-corrected chi connectivity index (χ3v) is 6.02. The molecule has 1 aliphatic heterocycles. The van der Waals surface area contributed by atoms with E-state index in [0.29, 0.717) is 24.5 Å². The maximum absolute atomic E-state index is 12.9. The van der Waals surface area contributed by atoms with Crippen LogP contribution in [-0.4, -0.2) is 21.5 Å². The second kappa shape index (κ2) is 5.94. The van der Waals surface area contributed by atoms with Crippen LogP contribution >= 0.6 is 22.6 Å². The minimum atomic E-state index is -3.53. The fourth-order valence-corrected chi connectivity index (χ4v) is 4.27. The number of halogens is 1. The number of benzene rings is 2. The Morgan fingerprint density at radius 3 is 2.52 bits per heavy atom. The molecule has 3 rings (SSSR count). The molecular weight excluding hydrogens is 399 g/mol. The largest absolute Gasteiger partial charge is 0.311 e. The molecule has 0 spiro atoms. The first-order chi connectivity index (χ1) is 10.1. The lowest BCUT2D eigenvalue weighted by atomic mass is 10.2. The van der Waals surface area contributed by atoms with Gasteiger partial charge in [-0.15, -0.1) is 0 Å². The van der Waals surface area contributed by atoms with Crippen LogP contribution in [0.5, 0.6) is 0 Å². The van der Waals surface area contributed by atoms with Crippen LogP contribution < -0.4 is 9.62 Å². The molecule has 0 bridgehead atoms. The van der Waals surface area contributed by atoms with Crippen molar-refractivity contribution in [1.29, 1.82) is 0 Å². The van der Waals surface area contributed by atoms with Crippen LogP contribution in [0.25, 0.3) is 0 Å². The lowest BCUT2D eigenvalue weighted by Crippen LogP contribution is -2.34. The van der Waals surface area contributed by atoms with Gasteiger partial charge in [0, 0.05) is 23.2 Å². The van der Waals surface area contributed by atoms with E-state index in [0.717, 1.165) is 14.8 Å². The van der Waals surface area contributed by atoms with Crippen LogP contribution in [0, 0.1) is 3.57 Å². The molecule has 1 N–H and O–H groups in total. The summed E-state index contributed by atoms with van der Waals surface area (Å²) in [5.41, 5.74) is 1.77. The van der Waals surface area contributed by atoms with Crippen molar-refractivity contribution < 1.29 is 8.42 Å². The summed E-state index contributed by atoms with van der Waals surface area (Å²) in [5.74, 6) is 0. The van der Waals surface area contributed by atoms with Crippen LogP contribution in [0.15, 0.2) is 53.4 Å². The summed E-state index contributed by atoms with van der Waals surface area (Å²) in [6.45, 7) is 1.76. The van der Waals surface area contributed by atoms with E-state index in [-0.39, 0.29) is 0 Å². The van der Waals surface area contributed by atoms with E-state index in [1.54, 1.807) is 12.1 Å². The van der Waals surface area contributed by atoms with Crippen molar-refractivity contribution in [3.63, 3.8) is 0 Å². The second-order valence-electron chi connectivity index (χ2n) is 4.84. The Kier molecular flexibility index (Phi) is 4.19. The van der Waals surface area contributed by atoms with Crippen molar-refractivity contribution in [2.75, 3.05) is 17.4 Å². The van der Waals surface area contributed by atoms with Gasteiger partial charge < -0.3 is 5.32 Å². The molecule has 0 saturated carbocycles. The number of nitrogens with one attached hydrogen (secondary N) is 1. The molecule has 6 heteroatoms. The van der Waals surface area contributed by atoms with Crippen molar-refractivity contribution in [2.45, 2.75) is 11.4 Å². The Balaban J connectivity index is 2.08. The average Bonchev–Trinajstić information content (AvgIpc) is 2.70. The molecule has 1 heterocycles. The molecule has 1 aliphatic rings. The van der Waals surface area contributed by atoms with Crippen LogP contribution in [0.2, 0.25) is 0 Å². The van der Waals surface area contributed by atoms with Crippen molar-refractivity contribution in [1.82, 2.24) is 5.32 Å². The quantitative estimate of drug-likeness (QED) is 0.769. The zero-order valence-corrected chi connectivity index (χ0v) is 14.3. The predicted molar refractivity (Wildman–Crippen MR) is 91.8 cm³/mol. The Labute approximate surface area is 138 Å². The van der Waals surface area contributed by atoms with Crippen molar-refractivity contribution >= 4 is 38.3 Å². The molecule has 110 valence electrons. The molecule has 0 aromatic heterocycles. The first-order valence-corrected chi connectivity index (χ1v) is 9.18. The summed E-state index contributed by atoms with van der Waals surface area (Å²) in [4.78, 5) is 0.333. The van der Waals surface area contributed by atoms with Crippen LogP contribution in [0.3, 0.4) is 0 Å². The first kappa shape index (κ1) is 14.8. The van der Waals surface area contributed by atoms with Crippen LogP contribution in [0.1, 0.15) is 5.56 Å². The summed E-state index contributed by atoms with van der Waals surface area (Å²) in [7, 11) is -3.53. The Bertz CT molecular complexity index is 745. The highest BCUT2D eigenvalue weighted by Gasteiger charge is 2.27. The minimum absolute atomic E-state index is 0.333. The van der Waals surface area contributed by atoms with E-state index in [4.69, 9.17) is 0 Å². The monoisotopic (exact) mass is 414 g/mol. The van der Waals surface area contributed by atoms with Gasteiger partial charge in [-0.05, 0) is 58.5 Å². The highest BCUT2D eigenvalue weighted by Crippen LogP contribution is 2.28. The lowest BCUT2D eigenvalue weighted by Gasteiger charge is -2.24. The zero-order valence-electron chi connectivity index (χ0n) is 11.3. The van der Waals surface area contributed by atoms with Gasteiger partial charge in [0.25, 0.3) is 10.0 Å². The number of para-hydroxylation sites is 1. The third kappa shape index (κ3) is 2.93. The van der Waals surface area contributed by atoms with Crippen LogP contribution in [0.4, 0.5) is 5.69 Å². The number of sulfonamides is 1. The highest BCUT2D eigenvalue weighted by molar-refractivity contribution is 14.1. The zero-order chi connectivity index (χ0) is 14.9. The van der Waals surface area contributed by atoms with E-state index in [2.05, 4.69) is 27.9 Å². The highest BCUT2D eigenvalue weighted by atomic mass is 127. The fourth-order valence-electron chi connectivity index (χ4n) is 2.41. The Morgan fingerprint density at radius 1 is 1.05 bits per heavy atom. The standard InChI is InChI=1S/C15H15IN2O2S/c16-13-5-7-14(8-6-13)21(19,20)18-10-9-17-11-12-3-1-2-4-15(12)18/h1-8,17H,9-11H2. The molecule has 2 aromatic rings. The maximum atomic E-state index is 12.9. The third-order valence-electron chi connectivity index (χ3n) is 3.47. The molecule has 0 unspecified atom stereocenters. The number of hydrogen-bond donors (Lipinski definition) is 1. The van der Waals surface area contributed by atoms with Gasteiger partial charge in [-0.25, -0.2) is 8.42 Å². The molecular formula is C15H15IN2O2S. The summed E-state index contributed by atoms with van der Waals surface area (Å²) in [5, 5.41) is 3.26. The van der Waals surface area contributed by atoms with Gasteiger partial charge in [-0.3, -0.25) is 4.31 Å². The summed E-state index contributed by atoms with van der Waals surface area (Å²) < 4.78 is 28.3. The summed E-state index contributed by atoms with van der Waals surface area (Å²) in [6.07, 6.45) is 0. The van der Waals surface area contributed by atoms with Gasteiger partial charge in [-0.2, -0.15) is 0 Å². The maximum Gasteiger partial charge on any atom is 0.264 e. The molecule has 4 nitrogen and oxygen atoms in total. The fraction of sp³-hybridized carbons (Fsp3) is 0.200. The minimum Gasteiger partial charge on any atom is -0.311 e. The number of nitrogens with zero attached hydrogens (tertiary/aromatic N) is 1. The molecule has 0 amide bonds. The Hall–Kier alpha value is -1.12. The number of fused-ring (bicyclic) bond motifs is 1. The van der Waals surface area contributed by atoms with Gasteiger partial charge in [-0.1, -0.05) is 18.2 Å². The van der Waals surface area contributed by atoms with E-state index in [9.17, 15) is 8.42 Å². The van der Waals surface area contributed by atoms with E-state index < -0.39 is 10.0 Å². The van der Waals surface area contributed by atoms with E-state index in [1.807, 2.05) is 36.4 Å². The van der Waals surface area contributed by atoms with E-state index >= 15 is 0 Å². The van der Waals surface area contributed by atoms with Gasteiger partial charge in [0.2, 0.25) is 0 Å². The van der Waals surface area contributed by atoms with Crippen molar-refractivity contribution in [2.24, 2.45) is 0 Å².